The number of hydrogen-bond acceptors (Lipinski definition) is 5. The van der Waals surface area contributed by atoms with Crippen LogP contribution in [0.3, 0.4) is 0 Å². The summed E-state index contributed by atoms with van der Waals surface area (Å²) >= 11 is 0. The lowest BCUT2D eigenvalue weighted by Gasteiger charge is -2.35. The molecule has 1 aliphatic heterocycles. The summed E-state index contributed by atoms with van der Waals surface area (Å²) in [5, 5.41) is 12.2. The molecule has 1 aromatic rings. The Morgan fingerprint density at radius 3 is 2.93 bits per heavy atom. The van der Waals surface area contributed by atoms with Crippen LogP contribution >= 0.6 is 0 Å². The van der Waals surface area contributed by atoms with Gasteiger partial charge < -0.3 is 14.8 Å². The normalized spacial score (nSPS) is 16.7. The van der Waals surface area contributed by atoms with E-state index in [4.69, 9.17) is 9.52 Å². The number of rotatable bonds is 3. The zero-order valence-corrected chi connectivity index (χ0v) is 8.56. The third kappa shape index (κ3) is 2.19. The van der Waals surface area contributed by atoms with Crippen LogP contribution in [0.1, 0.15) is 5.76 Å². The first-order valence-corrected chi connectivity index (χ1v) is 4.88. The van der Waals surface area contributed by atoms with Crippen LogP contribution in [0.2, 0.25) is 0 Å². The molecule has 0 aliphatic carbocycles. The summed E-state index contributed by atoms with van der Waals surface area (Å²) in [5.41, 5.74) is -0.392. The van der Waals surface area contributed by atoms with E-state index < -0.39 is 5.43 Å². The topological polar surface area (TPSA) is 65.7 Å². The molecule has 82 valence electrons. The van der Waals surface area contributed by atoms with E-state index in [2.05, 4.69) is 10.2 Å². The Labute approximate surface area is 87.3 Å². The molecule has 2 N–H and O–H groups in total. The third-order valence-corrected chi connectivity index (χ3v) is 2.65. The van der Waals surface area contributed by atoms with E-state index in [0.717, 1.165) is 19.4 Å². The summed E-state index contributed by atoms with van der Waals surface area (Å²) in [7, 11) is 1.98. The van der Waals surface area contributed by atoms with E-state index in [1.54, 1.807) is 0 Å². The highest BCUT2D eigenvalue weighted by molar-refractivity contribution is 5.15. The van der Waals surface area contributed by atoms with Crippen molar-refractivity contribution < 1.29 is 9.52 Å². The molecule has 0 aromatic carbocycles. The first-order valence-electron chi connectivity index (χ1n) is 4.88. The van der Waals surface area contributed by atoms with Crippen LogP contribution in [0.5, 0.6) is 5.75 Å². The van der Waals surface area contributed by atoms with Gasteiger partial charge >= 0.3 is 0 Å². The second-order valence-electron chi connectivity index (χ2n) is 3.82. The molecule has 5 heteroatoms. The third-order valence-electron chi connectivity index (χ3n) is 2.65. The minimum Gasteiger partial charge on any atom is -0.502 e. The Morgan fingerprint density at radius 1 is 1.67 bits per heavy atom. The zero-order valence-electron chi connectivity index (χ0n) is 8.56. The lowest BCUT2D eigenvalue weighted by atomic mass is 10.1. The van der Waals surface area contributed by atoms with Gasteiger partial charge in [0.25, 0.3) is 0 Å². The monoisotopic (exact) mass is 210 g/mol. The van der Waals surface area contributed by atoms with Gasteiger partial charge in [-0.25, -0.2) is 0 Å². The summed E-state index contributed by atoms with van der Waals surface area (Å²) in [4.78, 5) is 13.3. The molecule has 1 aromatic heterocycles. The molecule has 0 radical (unpaired) electrons. The second-order valence-corrected chi connectivity index (χ2v) is 3.82. The van der Waals surface area contributed by atoms with E-state index in [9.17, 15) is 4.79 Å². The van der Waals surface area contributed by atoms with Crippen molar-refractivity contribution in [3.05, 3.63) is 28.3 Å². The minimum absolute atomic E-state index is 0.341. The Hall–Kier alpha value is -1.33. The van der Waals surface area contributed by atoms with E-state index in [0.29, 0.717) is 18.3 Å². The average Bonchev–Trinajstić information content (AvgIpc) is 2.08. The predicted octanol–water partition coefficient (Wildman–Crippen LogP) is -0.251. The average molecular weight is 210 g/mol. The van der Waals surface area contributed by atoms with E-state index in [1.807, 2.05) is 7.05 Å². The molecule has 5 nitrogen and oxygen atoms in total. The van der Waals surface area contributed by atoms with Crippen LogP contribution < -0.4 is 10.7 Å². The maximum atomic E-state index is 11.1. The Morgan fingerprint density at radius 2 is 2.40 bits per heavy atom. The maximum absolute atomic E-state index is 11.1. The smallest absolute Gasteiger partial charge is 0.226 e. The molecule has 0 bridgehead atoms. The van der Waals surface area contributed by atoms with Crippen LogP contribution in [0.4, 0.5) is 0 Å². The van der Waals surface area contributed by atoms with E-state index in [-0.39, 0.29) is 5.75 Å². The van der Waals surface area contributed by atoms with Crippen molar-refractivity contribution in [2.24, 2.45) is 0 Å². The standard InChI is InChI=1S/C10H14N2O3/c1-12(7-3-11-4-7)5-8-2-9(13)10(14)6-15-8/h2,6-7,11,14H,3-5H2,1H3. The zero-order chi connectivity index (χ0) is 10.8. The number of nitrogens with one attached hydrogen (secondary N) is 1. The van der Waals surface area contributed by atoms with Gasteiger partial charge in [-0.1, -0.05) is 0 Å². The summed E-state index contributed by atoms with van der Waals surface area (Å²) in [5.74, 6) is 0.235. The number of likely N-dealkylation sites (N-methyl/N-ethyl adjacent to an activating group) is 1. The van der Waals surface area contributed by atoms with Gasteiger partial charge in [0.2, 0.25) is 5.43 Å². The Bertz CT molecular complexity index is 398. The van der Waals surface area contributed by atoms with Crippen LogP contribution in [0, 0.1) is 0 Å². The highest BCUT2D eigenvalue weighted by Gasteiger charge is 2.21. The summed E-state index contributed by atoms with van der Waals surface area (Å²) in [6, 6.07) is 1.84. The lowest BCUT2D eigenvalue weighted by molar-refractivity contribution is 0.160. The maximum Gasteiger partial charge on any atom is 0.226 e. The molecule has 1 saturated heterocycles. The molecule has 2 rings (SSSR count). The molecule has 1 aliphatic rings. The molecule has 0 atom stereocenters. The molecule has 2 heterocycles. The summed E-state index contributed by atoms with van der Waals surface area (Å²) in [6.45, 7) is 2.53. The van der Waals surface area contributed by atoms with E-state index in [1.165, 1.54) is 6.07 Å². The van der Waals surface area contributed by atoms with Gasteiger partial charge in [0.1, 0.15) is 12.0 Å². The Kier molecular flexibility index (Phi) is 2.75. The summed E-state index contributed by atoms with van der Waals surface area (Å²) in [6.07, 6.45) is 1.09. The van der Waals surface area contributed by atoms with Crippen molar-refractivity contribution in [3.8, 4) is 5.75 Å². The van der Waals surface area contributed by atoms with Crippen LogP contribution in [-0.4, -0.2) is 36.2 Å². The van der Waals surface area contributed by atoms with Gasteiger partial charge in [-0.3, -0.25) is 9.69 Å². The lowest BCUT2D eigenvalue weighted by Crippen LogP contribution is -2.55. The van der Waals surface area contributed by atoms with Crippen molar-refractivity contribution >= 4 is 0 Å². The first kappa shape index (κ1) is 10.2. The fourth-order valence-electron chi connectivity index (χ4n) is 1.49. The highest BCUT2D eigenvalue weighted by Crippen LogP contribution is 2.09. The second kappa shape index (κ2) is 4.04. The fraction of sp³-hybridized carbons (Fsp3) is 0.500. The van der Waals surface area contributed by atoms with Crippen molar-refractivity contribution in [1.82, 2.24) is 10.2 Å². The van der Waals surface area contributed by atoms with Crippen LogP contribution in [0.25, 0.3) is 0 Å². The number of nitrogens with zero attached hydrogens (tertiary/aromatic N) is 1. The molecular weight excluding hydrogens is 196 g/mol. The Balaban J connectivity index is 2.03. The van der Waals surface area contributed by atoms with Crippen molar-refractivity contribution in [2.45, 2.75) is 12.6 Å². The first-order chi connectivity index (χ1) is 7.16. The molecule has 15 heavy (non-hydrogen) atoms. The predicted molar refractivity (Wildman–Crippen MR) is 54.8 cm³/mol. The highest BCUT2D eigenvalue weighted by atomic mass is 16.4. The van der Waals surface area contributed by atoms with Gasteiger partial charge in [-0.15, -0.1) is 0 Å². The largest absolute Gasteiger partial charge is 0.502 e. The van der Waals surface area contributed by atoms with Gasteiger partial charge in [-0.05, 0) is 7.05 Å². The minimum atomic E-state index is -0.392. The quantitative estimate of drug-likeness (QED) is 0.720. The van der Waals surface area contributed by atoms with Crippen LogP contribution in [-0.2, 0) is 6.54 Å². The van der Waals surface area contributed by atoms with Crippen molar-refractivity contribution in [1.29, 1.82) is 0 Å². The number of aromatic hydroxyl groups is 1. The SMILES string of the molecule is CN(Cc1cc(=O)c(O)co1)C1CNC1. The molecule has 0 unspecified atom stereocenters. The van der Waals surface area contributed by atoms with Gasteiger partial charge in [0, 0.05) is 25.2 Å². The van der Waals surface area contributed by atoms with E-state index >= 15 is 0 Å². The molecule has 0 amide bonds. The van der Waals surface area contributed by atoms with Gasteiger partial charge in [0.15, 0.2) is 5.75 Å². The van der Waals surface area contributed by atoms with Gasteiger partial charge in [-0.2, -0.15) is 0 Å². The molecule has 0 saturated carbocycles. The molecular formula is C10H14N2O3. The fourth-order valence-corrected chi connectivity index (χ4v) is 1.49. The van der Waals surface area contributed by atoms with Crippen LogP contribution in [0.15, 0.2) is 21.5 Å². The van der Waals surface area contributed by atoms with Gasteiger partial charge in [0.05, 0.1) is 6.54 Å². The summed E-state index contributed by atoms with van der Waals surface area (Å²) < 4.78 is 5.12. The molecule has 1 fully saturated rings. The number of hydrogen-bond donors (Lipinski definition) is 2. The van der Waals surface area contributed by atoms with Crippen molar-refractivity contribution in [2.75, 3.05) is 20.1 Å². The molecule has 0 spiro atoms. The van der Waals surface area contributed by atoms with Crippen molar-refractivity contribution in [3.63, 3.8) is 0 Å².